The van der Waals surface area contributed by atoms with E-state index in [0.717, 1.165) is 37.2 Å². The molecule has 0 bridgehead atoms. The van der Waals surface area contributed by atoms with Gasteiger partial charge in [0.1, 0.15) is 11.5 Å². The van der Waals surface area contributed by atoms with Crippen LogP contribution in [-0.4, -0.2) is 26.0 Å². The largest absolute Gasteiger partial charge is 0.496 e. The second kappa shape index (κ2) is 6.71. The number of benzene rings is 1. The molecule has 1 N–H and O–H groups in total. The molecule has 0 spiro atoms. The minimum Gasteiger partial charge on any atom is -0.496 e. The van der Waals surface area contributed by atoms with Gasteiger partial charge in [-0.2, -0.15) is 0 Å². The topological polar surface area (TPSA) is 38.3 Å². The first kappa shape index (κ1) is 14.1. The molecule has 2 rings (SSSR count). The molecule has 1 saturated heterocycles. The summed E-state index contributed by atoms with van der Waals surface area (Å²) in [5, 5.41) is 3.33. The summed E-state index contributed by atoms with van der Waals surface area (Å²) in [7, 11) is 1.66. The van der Waals surface area contributed by atoms with E-state index < -0.39 is 0 Å². The Bertz CT molecular complexity index is 436. The van der Waals surface area contributed by atoms with Crippen LogP contribution >= 0.6 is 0 Å². The molecule has 19 heavy (non-hydrogen) atoms. The molecule has 0 unspecified atom stereocenters. The number of ether oxygens (including phenoxy) is 1. The van der Waals surface area contributed by atoms with Crippen molar-refractivity contribution in [3.05, 3.63) is 29.3 Å². The van der Waals surface area contributed by atoms with Gasteiger partial charge in [0.15, 0.2) is 0 Å². The van der Waals surface area contributed by atoms with Crippen LogP contribution in [0.1, 0.15) is 30.4 Å². The Balaban J connectivity index is 1.95. The van der Waals surface area contributed by atoms with Crippen LogP contribution in [0, 0.1) is 12.8 Å². The fourth-order valence-electron chi connectivity index (χ4n) is 2.74. The zero-order chi connectivity index (χ0) is 13.7. The van der Waals surface area contributed by atoms with E-state index in [0.29, 0.717) is 24.5 Å². The number of hydrogen-bond acceptors (Lipinski definition) is 3. The number of carbonyl (C=O) groups excluding carboxylic acids is 1. The van der Waals surface area contributed by atoms with Crippen molar-refractivity contribution in [1.29, 1.82) is 0 Å². The first-order valence-corrected chi connectivity index (χ1v) is 7.05. The SMILES string of the molecule is COc1ccc(C)cc1CC(=O)CC1CCNCC1. The molecular formula is C16H23NO2. The smallest absolute Gasteiger partial charge is 0.137 e. The second-order valence-electron chi connectivity index (χ2n) is 5.43. The van der Waals surface area contributed by atoms with E-state index in [-0.39, 0.29) is 0 Å². The standard InChI is InChI=1S/C16H23NO2/c1-12-3-4-16(19-2)14(9-12)11-15(18)10-13-5-7-17-8-6-13/h3-4,9,13,17H,5-8,10-11H2,1-2H3. The third kappa shape index (κ3) is 4.06. The van der Waals surface area contributed by atoms with Gasteiger partial charge in [-0.05, 0) is 44.8 Å². The first-order valence-electron chi connectivity index (χ1n) is 7.05. The third-order valence-electron chi connectivity index (χ3n) is 3.80. The van der Waals surface area contributed by atoms with E-state index >= 15 is 0 Å². The summed E-state index contributed by atoms with van der Waals surface area (Å²) in [6.45, 7) is 4.14. The van der Waals surface area contributed by atoms with Crippen LogP contribution in [0.2, 0.25) is 0 Å². The van der Waals surface area contributed by atoms with Crippen molar-refractivity contribution in [3.63, 3.8) is 0 Å². The lowest BCUT2D eigenvalue weighted by atomic mass is 9.90. The predicted octanol–water partition coefficient (Wildman–Crippen LogP) is 2.50. The molecule has 0 aromatic heterocycles. The van der Waals surface area contributed by atoms with Crippen molar-refractivity contribution < 1.29 is 9.53 Å². The molecule has 1 aliphatic heterocycles. The number of rotatable bonds is 5. The van der Waals surface area contributed by atoms with E-state index in [2.05, 4.69) is 11.4 Å². The number of ketones is 1. The van der Waals surface area contributed by atoms with Crippen LogP contribution in [0.3, 0.4) is 0 Å². The molecule has 3 nitrogen and oxygen atoms in total. The molecule has 0 aliphatic carbocycles. The number of piperidine rings is 1. The maximum atomic E-state index is 12.2. The lowest BCUT2D eigenvalue weighted by molar-refractivity contribution is -0.119. The molecule has 1 heterocycles. The Labute approximate surface area is 115 Å². The molecule has 1 aromatic rings. The minimum absolute atomic E-state index is 0.329. The normalized spacial score (nSPS) is 16.3. The highest BCUT2D eigenvalue weighted by Crippen LogP contribution is 2.23. The number of aryl methyl sites for hydroxylation is 1. The molecule has 1 fully saturated rings. The van der Waals surface area contributed by atoms with Crippen molar-refractivity contribution in [2.75, 3.05) is 20.2 Å². The average Bonchev–Trinajstić information content (AvgIpc) is 2.40. The van der Waals surface area contributed by atoms with Gasteiger partial charge in [0.05, 0.1) is 7.11 Å². The van der Waals surface area contributed by atoms with E-state index in [1.807, 2.05) is 19.1 Å². The van der Waals surface area contributed by atoms with Gasteiger partial charge in [-0.25, -0.2) is 0 Å². The van der Waals surface area contributed by atoms with Crippen molar-refractivity contribution in [2.24, 2.45) is 5.92 Å². The van der Waals surface area contributed by atoms with Crippen LogP contribution in [0.15, 0.2) is 18.2 Å². The lowest BCUT2D eigenvalue weighted by Crippen LogP contribution is -2.29. The number of methoxy groups -OCH3 is 1. The molecule has 0 amide bonds. The van der Waals surface area contributed by atoms with Gasteiger partial charge in [0.25, 0.3) is 0 Å². The van der Waals surface area contributed by atoms with Crippen molar-refractivity contribution >= 4 is 5.78 Å². The average molecular weight is 261 g/mol. The lowest BCUT2D eigenvalue weighted by Gasteiger charge is -2.22. The Morgan fingerprint density at radius 3 is 2.79 bits per heavy atom. The fourth-order valence-corrected chi connectivity index (χ4v) is 2.74. The Morgan fingerprint density at radius 1 is 1.37 bits per heavy atom. The van der Waals surface area contributed by atoms with Gasteiger partial charge < -0.3 is 10.1 Å². The van der Waals surface area contributed by atoms with Gasteiger partial charge in [0.2, 0.25) is 0 Å². The summed E-state index contributed by atoms with van der Waals surface area (Å²) in [6.07, 6.45) is 3.45. The number of Topliss-reactive ketones (excluding diaryl/α,β-unsaturated/α-hetero) is 1. The summed E-state index contributed by atoms with van der Waals surface area (Å²) in [5.74, 6) is 1.71. The van der Waals surface area contributed by atoms with Crippen molar-refractivity contribution in [1.82, 2.24) is 5.32 Å². The maximum Gasteiger partial charge on any atom is 0.137 e. The highest BCUT2D eigenvalue weighted by Gasteiger charge is 2.18. The number of hydrogen-bond donors (Lipinski definition) is 1. The van der Waals surface area contributed by atoms with Crippen LogP contribution in [0.5, 0.6) is 5.75 Å². The first-order chi connectivity index (χ1) is 9.19. The fraction of sp³-hybridized carbons (Fsp3) is 0.562. The minimum atomic E-state index is 0.329. The number of nitrogens with one attached hydrogen (secondary N) is 1. The van der Waals surface area contributed by atoms with Crippen molar-refractivity contribution in [2.45, 2.75) is 32.6 Å². The zero-order valence-electron chi connectivity index (χ0n) is 11.9. The Kier molecular flexibility index (Phi) is 4.97. The number of carbonyl (C=O) groups is 1. The second-order valence-corrected chi connectivity index (χ2v) is 5.43. The molecular weight excluding hydrogens is 238 g/mol. The summed E-state index contributed by atoms with van der Waals surface area (Å²) in [4.78, 5) is 12.2. The van der Waals surface area contributed by atoms with E-state index in [4.69, 9.17) is 4.74 Å². The highest BCUT2D eigenvalue weighted by molar-refractivity contribution is 5.81. The van der Waals surface area contributed by atoms with Crippen LogP contribution in [0.25, 0.3) is 0 Å². The van der Waals surface area contributed by atoms with Crippen LogP contribution < -0.4 is 10.1 Å². The Morgan fingerprint density at radius 2 is 2.11 bits per heavy atom. The zero-order valence-corrected chi connectivity index (χ0v) is 11.9. The van der Waals surface area contributed by atoms with Crippen LogP contribution in [-0.2, 0) is 11.2 Å². The van der Waals surface area contributed by atoms with E-state index in [1.54, 1.807) is 7.11 Å². The van der Waals surface area contributed by atoms with Gasteiger partial charge in [-0.1, -0.05) is 17.7 Å². The molecule has 1 aromatic carbocycles. The van der Waals surface area contributed by atoms with Gasteiger partial charge in [0, 0.05) is 18.4 Å². The maximum absolute atomic E-state index is 12.2. The molecule has 104 valence electrons. The van der Waals surface area contributed by atoms with Crippen molar-refractivity contribution in [3.8, 4) is 5.75 Å². The quantitative estimate of drug-likeness (QED) is 0.885. The molecule has 3 heteroatoms. The highest BCUT2D eigenvalue weighted by atomic mass is 16.5. The van der Waals surface area contributed by atoms with E-state index in [9.17, 15) is 4.79 Å². The molecule has 0 atom stereocenters. The summed E-state index contributed by atoms with van der Waals surface area (Å²) in [6, 6.07) is 6.02. The summed E-state index contributed by atoms with van der Waals surface area (Å²) < 4.78 is 5.33. The summed E-state index contributed by atoms with van der Waals surface area (Å²) >= 11 is 0. The molecule has 0 saturated carbocycles. The molecule has 0 radical (unpaired) electrons. The molecule has 1 aliphatic rings. The predicted molar refractivity (Wildman–Crippen MR) is 76.7 cm³/mol. The summed E-state index contributed by atoms with van der Waals surface area (Å²) in [5.41, 5.74) is 2.19. The van der Waals surface area contributed by atoms with Gasteiger partial charge >= 0.3 is 0 Å². The van der Waals surface area contributed by atoms with Gasteiger partial charge in [-0.15, -0.1) is 0 Å². The van der Waals surface area contributed by atoms with Gasteiger partial charge in [-0.3, -0.25) is 4.79 Å². The van der Waals surface area contributed by atoms with Crippen LogP contribution in [0.4, 0.5) is 0 Å². The monoisotopic (exact) mass is 261 g/mol. The Hall–Kier alpha value is -1.35. The van der Waals surface area contributed by atoms with E-state index in [1.165, 1.54) is 5.56 Å². The third-order valence-corrected chi connectivity index (χ3v) is 3.80.